The maximum atomic E-state index is 11.6. The highest BCUT2D eigenvalue weighted by molar-refractivity contribution is 7.80. The van der Waals surface area contributed by atoms with Crippen molar-refractivity contribution in [2.75, 3.05) is 13.6 Å². The summed E-state index contributed by atoms with van der Waals surface area (Å²) in [5.41, 5.74) is 6.98. The van der Waals surface area contributed by atoms with E-state index in [1.54, 1.807) is 23.7 Å². The summed E-state index contributed by atoms with van der Waals surface area (Å²) in [4.78, 5) is 18.1. The molecule has 0 aliphatic heterocycles. The second kappa shape index (κ2) is 5.02. The Morgan fingerprint density at radius 1 is 1.79 bits per heavy atom. The molecule has 0 aliphatic rings. The van der Waals surface area contributed by atoms with Gasteiger partial charge < -0.3 is 10.6 Å². The number of carbonyl (C=O) groups excluding carboxylic acids is 1. The van der Waals surface area contributed by atoms with Crippen LogP contribution in [0.5, 0.6) is 0 Å². The molecule has 76 valence electrons. The molecule has 0 atom stereocenters. The number of carbonyl (C=O) groups is 1. The molecule has 14 heavy (non-hydrogen) atoms. The molecule has 4 nitrogen and oxygen atoms in total. The molecule has 0 saturated carbocycles. The Morgan fingerprint density at radius 2 is 2.50 bits per heavy atom. The molecule has 2 N–H and O–H groups in total. The first-order valence-electron chi connectivity index (χ1n) is 4.03. The number of amides is 1. The normalized spacial score (nSPS) is 9.79. The zero-order valence-corrected chi connectivity index (χ0v) is 9.40. The Labute approximate surface area is 91.7 Å². The Hall–Kier alpha value is -1.01. The summed E-state index contributed by atoms with van der Waals surface area (Å²) in [7, 11) is 1.72. The minimum atomic E-state index is -0.0382. The summed E-state index contributed by atoms with van der Waals surface area (Å²) in [5, 5.41) is 0. The zero-order valence-electron chi connectivity index (χ0n) is 7.77. The number of rotatable bonds is 4. The number of thiazole rings is 1. The van der Waals surface area contributed by atoms with E-state index in [1.807, 2.05) is 0 Å². The molecule has 0 radical (unpaired) electrons. The zero-order chi connectivity index (χ0) is 10.6. The van der Waals surface area contributed by atoms with E-state index in [0.717, 1.165) is 0 Å². The molecule has 0 spiro atoms. The SMILES string of the molecule is CN(CCC(N)=S)C(=O)c1cncs1. The van der Waals surface area contributed by atoms with Crippen LogP contribution in [0, 0.1) is 0 Å². The predicted molar refractivity (Wildman–Crippen MR) is 60.5 cm³/mol. The molecule has 0 bridgehead atoms. The van der Waals surface area contributed by atoms with E-state index in [-0.39, 0.29) is 5.91 Å². The lowest BCUT2D eigenvalue weighted by Crippen LogP contribution is -2.29. The van der Waals surface area contributed by atoms with Gasteiger partial charge >= 0.3 is 0 Å². The Balaban J connectivity index is 2.49. The van der Waals surface area contributed by atoms with Crippen molar-refractivity contribution in [3.8, 4) is 0 Å². The van der Waals surface area contributed by atoms with Gasteiger partial charge in [0.1, 0.15) is 4.88 Å². The third kappa shape index (κ3) is 3.04. The van der Waals surface area contributed by atoms with Crippen molar-refractivity contribution >= 4 is 34.5 Å². The molecular weight excluding hydrogens is 218 g/mol. The minimum absolute atomic E-state index is 0.0382. The van der Waals surface area contributed by atoms with Crippen molar-refractivity contribution in [3.05, 3.63) is 16.6 Å². The highest BCUT2D eigenvalue weighted by Crippen LogP contribution is 2.08. The fourth-order valence-electron chi connectivity index (χ4n) is 0.889. The number of aromatic nitrogens is 1. The number of thiocarbonyl (C=S) groups is 1. The Morgan fingerprint density at radius 3 is 3.00 bits per heavy atom. The summed E-state index contributed by atoms with van der Waals surface area (Å²) >= 11 is 6.06. The fourth-order valence-corrected chi connectivity index (χ4v) is 1.59. The van der Waals surface area contributed by atoms with Crippen LogP contribution in [0.15, 0.2) is 11.7 Å². The highest BCUT2D eigenvalue weighted by Gasteiger charge is 2.12. The van der Waals surface area contributed by atoms with Crippen LogP contribution in [0.1, 0.15) is 16.1 Å². The smallest absolute Gasteiger partial charge is 0.265 e. The van der Waals surface area contributed by atoms with Gasteiger partial charge in [0.25, 0.3) is 5.91 Å². The van der Waals surface area contributed by atoms with E-state index < -0.39 is 0 Å². The highest BCUT2D eigenvalue weighted by atomic mass is 32.1. The monoisotopic (exact) mass is 229 g/mol. The van der Waals surface area contributed by atoms with Crippen molar-refractivity contribution in [2.45, 2.75) is 6.42 Å². The lowest BCUT2D eigenvalue weighted by molar-refractivity contribution is 0.0803. The summed E-state index contributed by atoms with van der Waals surface area (Å²) in [5.74, 6) is -0.0382. The van der Waals surface area contributed by atoms with Gasteiger partial charge in [0.15, 0.2) is 0 Å². The Kier molecular flexibility index (Phi) is 3.97. The molecule has 1 aromatic heterocycles. The summed E-state index contributed by atoms with van der Waals surface area (Å²) in [6, 6.07) is 0. The maximum Gasteiger partial charge on any atom is 0.265 e. The summed E-state index contributed by atoms with van der Waals surface area (Å²) in [6.07, 6.45) is 2.11. The number of hydrogen-bond donors (Lipinski definition) is 1. The summed E-state index contributed by atoms with van der Waals surface area (Å²) < 4.78 is 0. The van der Waals surface area contributed by atoms with E-state index >= 15 is 0 Å². The molecule has 1 aromatic rings. The van der Waals surface area contributed by atoms with Gasteiger partial charge in [-0.05, 0) is 0 Å². The molecule has 1 rings (SSSR count). The van der Waals surface area contributed by atoms with Gasteiger partial charge in [-0.2, -0.15) is 0 Å². The van der Waals surface area contributed by atoms with E-state index in [4.69, 9.17) is 18.0 Å². The predicted octanol–water partition coefficient (Wildman–Crippen LogP) is 0.891. The molecule has 0 fully saturated rings. The molecule has 0 unspecified atom stereocenters. The van der Waals surface area contributed by atoms with Gasteiger partial charge in [0, 0.05) is 20.0 Å². The largest absolute Gasteiger partial charge is 0.393 e. The molecule has 0 saturated heterocycles. The lowest BCUT2D eigenvalue weighted by atomic mass is 10.3. The van der Waals surface area contributed by atoms with E-state index in [9.17, 15) is 4.79 Å². The third-order valence-corrected chi connectivity index (χ3v) is 2.65. The van der Waals surface area contributed by atoms with Crippen LogP contribution >= 0.6 is 23.6 Å². The van der Waals surface area contributed by atoms with Crippen LogP contribution in [-0.2, 0) is 0 Å². The van der Waals surface area contributed by atoms with Crippen molar-refractivity contribution in [1.82, 2.24) is 9.88 Å². The van der Waals surface area contributed by atoms with Crippen molar-refractivity contribution in [3.63, 3.8) is 0 Å². The number of nitrogens with two attached hydrogens (primary N) is 1. The van der Waals surface area contributed by atoms with Crippen LogP contribution in [-0.4, -0.2) is 34.4 Å². The molecular formula is C8H11N3OS2. The van der Waals surface area contributed by atoms with Gasteiger partial charge in [-0.3, -0.25) is 9.78 Å². The minimum Gasteiger partial charge on any atom is -0.393 e. The first kappa shape index (κ1) is 11.1. The van der Waals surface area contributed by atoms with Crippen molar-refractivity contribution in [2.24, 2.45) is 5.73 Å². The maximum absolute atomic E-state index is 11.6. The second-order valence-electron chi connectivity index (χ2n) is 2.81. The number of nitrogens with zero attached hydrogens (tertiary/aromatic N) is 2. The van der Waals surface area contributed by atoms with Gasteiger partial charge in [0.05, 0.1) is 16.7 Å². The average Bonchev–Trinajstić information content (AvgIpc) is 2.65. The quantitative estimate of drug-likeness (QED) is 0.779. The molecule has 1 amide bonds. The van der Waals surface area contributed by atoms with Gasteiger partial charge in [-0.1, -0.05) is 12.2 Å². The van der Waals surface area contributed by atoms with Crippen LogP contribution in [0.4, 0.5) is 0 Å². The van der Waals surface area contributed by atoms with Crippen molar-refractivity contribution in [1.29, 1.82) is 0 Å². The van der Waals surface area contributed by atoms with E-state index in [2.05, 4.69) is 4.98 Å². The summed E-state index contributed by atoms with van der Waals surface area (Å²) in [6.45, 7) is 0.548. The van der Waals surface area contributed by atoms with E-state index in [0.29, 0.717) is 22.8 Å². The standard InChI is InChI=1S/C8H11N3OS2/c1-11(3-2-7(9)13)8(12)6-4-10-5-14-6/h4-5H,2-3H2,1H3,(H2,9,13). The van der Waals surface area contributed by atoms with Crippen LogP contribution in [0.2, 0.25) is 0 Å². The van der Waals surface area contributed by atoms with Crippen LogP contribution < -0.4 is 5.73 Å². The Bertz CT molecular complexity index is 323. The first-order chi connectivity index (χ1) is 6.61. The third-order valence-electron chi connectivity index (χ3n) is 1.68. The number of hydrogen-bond acceptors (Lipinski definition) is 4. The van der Waals surface area contributed by atoms with Gasteiger partial charge in [-0.25, -0.2) is 0 Å². The van der Waals surface area contributed by atoms with Crippen LogP contribution in [0.25, 0.3) is 0 Å². The topological polar surface area (TPSA) is 59.2 Å². The molecule has 1 heterocycles. The fraction of sp³-hybridized carbons (Fsp3) is 0.375. The molecule has 0 aromatic carbocycles. The van der Waals surface area contributed by atoms with Gasteiger partial charge in [0.2, 0.25) is 0 Å². The molecule has 0 aliphatic carbocycles. The lowest BCUT2D eigenvalue weighted by Gasteiger charge is -2.14. The molecule has 6 heteroatoms. The van der Waals surface area contributed by atoms with Gasteiger partial charge in [-0.15, -0.1) is 11.3 Å². The first-order valence-corrected chi connectivity index (χ1v) is 5.32. The second-order valence-corrected chi connectivity index (χ2v) is 4.22. The average molecular weight is 229 g/mol. The van der Waals surface area contributed by atoms with Crippen molar-refractivity contribution < 1.29 is 4.79 Å². The van der Waals surface area contributed by atoms with Crippen LogP contribution in [0.3, 0.4) is 0 Å². The van der Waals surface area contributed by atoms with E-state index in [1.165, 1.54) is 11.3 Å².